The molecule has 106 valence electrons. The Kier molecular flexibility index (Phi) is 5.85. The predicted octanol–water partition coefficient (Wildman–Crippen LogP) is 0.815. The summed E-state index contributed by atoms with van der Waals surface area (Å²) in [5.74, 6) is -1.18. The first-order chi connectivity index (χ1) is 9.03. The standard InChI is InChI=1S/C12H17ClN2O4/c1-3-4-15-6-8(13)5-10(15)11(17)14-9(7-16)12(18)19-2/h5-6,9,16H,3-4,7H2,1-2H3,(H,14,17). The van der Waals surface area contributed by atoms with Crippen LogP contribution >= 0.6 is 11.6 Å². The Hall–Kier alpha value is -1.53. The molecule has 1 atom stereocenters. The number of carbonyl (C=O) groups is 2. The summed E-state index contributed by atoms with van der Waals surface area (Å²) in [6.45, 7) is 2.08. The normalized spacial score (nSPS) is 12.0. The van der Waals surface area contributed by atoms with Gasteiger partial charge < -0.3 is 19.7 Å². The van der Waals surface area contributed by atoms with Crippen LogP contribution in [0.15, 0.2) is 12.3 Å². The lowest BCUT2D eigenvalue weighted by atomic mass is 10.3. The van der Waals surface area contributed by atoms with Crippen LogP contribution in [0.3, 0.4) is 0 Å². The molecular weight excluding hydrogens is 272 g/mol. The third kappa shape index (κ3) is 3.97. The van der Waals surface area contributed by atoms with Crippen LogP contribution in [0, 0.1) is 0 Å². The van der Waals surface area contributed by atoms with Crippen molar-refractivity contribution in [3.05, 3.63) is 23.0 Å². The first-order valence-electron chi connectivity index (χ1n) is 5.88. The van der Waals surface area contributed by atoms with Gasteiger partial charge in [-0.1, -0.05) is 18.5 Å². The van der Waals surface area contributed by atoms with E-state index >= 15 is 0 Å². The van der Waals surface area contributed by atoms with E-state index in [1.165, 1.54) is 13.2 Å². The fraction of sp³-hybridized carbons (Fsp3) is 0.500. The van der Waals surface area contributed by atoms with E-state index in [9.17, 15) is 9.59 Å². The first kappa shape index (κ1) is 15.5. The zero-order valence-electron chi connectivity index (χ0n) is 10.9. The van der Waals surface area contributed by atoms with E-state index in [0.29, 0.717) is 17.3 Å². The Morgan fingerprint density at radius 1 is 1.58 bits per heavy atom. The van der Waals surface area contributed by atoms with Gasteiger partial charge in [-0.3, -0.25) is 4.79 Å². The minimum atomic E-state index is -1.08. The average Bonchev–Trinajstić information content (AvgIpc) is 2.76. The molecule has 0 aromatic carbocycles. The van der Waals surface area contributed by atoms with Crippen molar-refractivity contribution in [1.82, 2.24) is 9.88 Å². The first-order valence-corrected chi connectivity index (χ1v) is 6.26. The van der Waals surface area contributed by atoms with Gasteiger partial charge in [0.05, 0.1) is 18.7 Å². The lowest BCUT2D eigenvalue weighted by Crippen LogP contribution is -2.44. The number of rotatable bonds is 6. The lowest BCUT2D eigenvalue weighted by molar-refractivity contribution is -0.143. The quantitative estimate of drug-likeness (QED) is 0.759. The zero-order valence-corrected chi connectivity index (χ0v) is 11.6. The van der Waals surface area contributed by atoms with Crippen LogP contribution in [-0.2, 0) is 16.1 Å². The van der Waals surface area contributed by atoms with Crippen molar-refractivity contribution in [3.8, 4) is 0 Å². The van der Waals surface area contributed by atoms with E-state index in [1.807, 2.05) is 6.92 Å². The average molecular weight is 289 g/mol. The fourth-order valence-corrected chi connectivity index (χ4v) is 1.87. The Labute approximate surface area is 116 Å². The number of aryl methyl sites for hydroxylation is 1. The second-order valence-corrected chi connectivity index (χ2v) is 4.41. The van der Waals surface area contributed by atoms with Crippen LogP contribution in [0.2, 0.25) is 5.02 Å². The number of halogens is 1. The SMILES string of the molecule is CCCn1cc(Cl)cc1C(=O)NC(CO)C(=O)OC. The van der Waals surface area contributed by atoms with Gasteiger partial charge in [-0.25, -0.2) is 4.79 Å². The fourth-order valence-electron chi connectivity index (χ4n) is 1.64. The molecule has 0 aliphatic rings. The van der Waals surface area contributed by atoms with E-state index in [4.69, 9.17) is 16.7 Å². The number of aromatic nitrogens is 1. The lowest BCUT2D eigenvalue weighted by Gasteiger charge is -2.14. The molecular formula is C12H17ClN2O4. The number of aliphatic hydroxyl groups excluding tert-OH is 1. The molecule has 0 spiro atoms. The van der Waals surface area contributed by atoms with Crippen molar-refractivity contribution >= 4 is 23.5 Å². The van der Waals surface area contributed by atoms with Crippen molar-refractivity contribution in [2.45, 2.75) is 25.9 Å². The topological polar surface area (TPSA) is 80.6 Å². The van der Waals surface area contributed by atoms with Crippen molar-refractivity contribution < 1.29 is 19.4 Å². The molecule has 1 heterocycles. The van der Waals surface area contributed by atoms with Crippen LogP contribution in [0.1, 0.15) is 23.8 Å². The molecule has 0 bridgehead atoms. The Morgan fingerprint density at radius 2 is 2.26 bits per heavy atom. The van der Waals surface area contributed by atoms with Crippen molar-refractivity contribution in [2.75, 3.05) is 13.7 Å². The molecule has 1 unspecified atom stereocenters. The number of hydrogen-bond donors (Lipinski definition) is 2. The second-order valence-electron chi connectivity index (χ2n) is 3.97. The maximum atomic E-state index is 12.0. The highest BCUT2D eigenvalue weighted by molar-refractivity contribution is 6.31. The van der Waals surface area contributed by atoms with Crippen LogP contribution in [-0.4, -0.2) is 41.3 Å². The van der Waals surface area contributed by atoms with E-state index in [0.717, 1.165) is 6.42 Å². The molecule has 19 heavy (non-hydrogen) atoms. The minimum absolute atomic E-state index is 0.342. The number of nitrogens with one attached hydrogen (secondary N) is 1. The third-order valence-electron chi connectivity index (χ3n) is 2.53. The summed E-state index contributed by atoms with van der Waals surface area (Å²) in [7, 11) is 1.19. The highest BCUT2D eigenvalue weighted by Crippen LogP contribution is 2.15. The van der Waals surface area contributed by atoms with Crippen molar-refractivity contribution in [3.63, 3.8) is 0 Å². The van der Waals surface area contributed by atoms with Gasteiger partial charge in [0.1, 0.15) is 5.69 Å². The van der Waals surface area contributed by atoms with E-state index in [-0.39, 0.29) is 0 Å². The molecule has 0 fully saturated rings. The number of nitrogens with zero attached hydrogens (tertiary/aromatic N) is 1. The summed E-state index contributed by atoms with van der Waals surface area (Å²) >= 11 is 5.86. The Balaban J connectivity index is 2.85. The van der Waals surface area contributed by atoms with Gasteiger partial charge in [-0.2, -0.15) is 0 Å². The van der Waals surface area contributed by atoms with Gasteiger partial charge in [0.25, 0.3) is 5.91 Å². The van der Waals surface area contributed by atoms with Crippen molar-refractivity contribution in [2.24, 2.45) is 0 Å². The van der Waals surface area contributed by atoms with Crippen LogP contribution in [0.25, 0.3) is 0 Å². The minimum Gasteiger partial charge on any atom is -0.467 e. The smallest absolute Gasteiger partial charge is 0.330 e. The van der Waals surface area contributed by atoms with Gasteiger partial charge in [-0.15, -0.1) is 0 Å². The molecule has 0 saturated heterocycles. The Morgan fingerprint density at radius 3 is 2.79 bits per heavy atom. The molecule has 1 amide bonds. The molecule has 1 aromatic heterocycles. The molecule has 1 aromatic rings. The maximum Gasteiger partial charge on any atom is 0.330 e. The second kappa shape index (κ2) is 7.16. The van der Waals surface area contributed by atoms with Crippen LogP contribution in [0.4, 0.5) is 0 Å². The highest BCUT2D eigenvalue weighted by atomic mass is 35.5. The molecule has 0 aliphatic heterocycles. The van der Waals surface area contributed by atoms with E-state index < -0.39 is 24.5 Å². The number of hydrogen-bond acceptors (Lipinski definition) is 4. The highest BCUT2D eigenvalue weighted by Gasteiger charge is 2.22. The summed E-state index contributed by atoms with van der Waals surface area (Å²) in [4.78, 5) is 23.3. The van der Waals surface area contributed by atoms with Crippen LogP contribution < -0.4 is 5.32 Å². The van der Waals surface area contributed by atoms with E-state index in [1.54, 1.807) is 10.8 Å². The molecule has 0 saturated carbocycles. The number of carbonyl (C=O) groups excluding carboxylic acids is 2. The summed E-state index contributed by atoms with van der Waals surface area (Å²) < 4.78 is 6.17. The molecule has 6 nitrogen and oxygen atoms in total. The molecule has 1 rings (SSSR count). The van der Waals surface area contributed by atoms with Gasteiger partial charge in [0.15, 0.2) is 6.04 Å². The molecule has 0 radical (unpaired) electrons. The summed E-state index contributed by atoms with van der Waals surface area (Å²) in [5.41, 5.74) is 0.342. The summed E-state index contributed by atoms with van der Waals surface area (Å²) in [5, 5.41) is 11.9. The largest absolute Gasteiger partial charge is 0.467 e. The summed E-state index contributed by atoms with van der Waals surface area (Å²) in [6.07, 6.45) is 2.48. The van der Waals surface area contributed by atoms with Crippen molar-refractivity contribution in [1.29, 1.82) is 0 Å². The third-order valence-corrected chi connectivity index (χ3v) is 2.74. The van der Waals surface area contributed by atoms with Crippen LogP contribution in [0.5, 0.6) is 0 Å². The molecule has 0 aliphatic carbocycles. The maximum absolute atomic E-state index is 12.0. The Bertz CT molecular complexity index is 459. The monoisotopic (exact) mass is 288 g/mol. The van der Waals surface area contributed by atoms with Gasteiger partial charge in [-0.05, 0) is 12.5 Å². The summed E-state index contributed by atoms with van der Waals surface area (Å²) in [6, 6.07) is 0.430. The molecule has 7 heteroatoms. The number of esters is 1. The molecule has 2 N–H and O–H groups in total. The number of aliphatic hydroxyl groups is 1. The number of methoxy groups -OCH3 is 1. The predicted molar refractivity (Wildman–Crippen MR) is 70.1 cm³/mol. The van der Waals surface area contributed by atoms with E-state index in [2.05, 4.69) is 10.1 Å². The van der Waals surface area contributed by atoms with Gasteiger partial charge in [0, 0.05) is 12.7 Å². The zero-order chi connectivity index (χ0) is 14.4. The van der Waals surface area contributed by atoms with Gasteiger partial charge in [0.2, 0.25) is 0 Å². The van der Waals surface area contributed by atoms with Gasteiger partial charge >= 0.3 is 5.97 Å². The number of ether oxygens (including phenoxy) is 1. The number of amides is 1.